The highest BCUT2D eigenvalue weighted by Crippen LogP contribution is 2.47. The van der Waals surface area contributed by atoms with Crippen molar-refractivity contribution in [2.45, 2.75) is 115 Å². The fourth-order valence-electron chi connectivity index (χ4n) is 5.32. The third-order valence-corrected chi connectivity index (χ3v) is 13.1. The number of carboxylic acids is 1. The SMILES string of the molecule is CC(C(=O)CC[C@@H]1[C@H](CC=CCCCC(=O)O)[C@@H]2CC[C@H]1O2)c1ccc(O[Si](C)(C)C(C)(C)C)cc1. The van der Waals surface area contributed by atoms with Crippen molar-refractivity contribution in [1.29, 1.82) is 0 Å². The second-order valence-electron chi connectivity index (χ2n) is 12.3. The maximum absolute atomic E-state index is 13.1. The van der Waals surface area contributed by atoms with Gasteiger partial charge < -0.3 is 14.3 Å². The lowest BCUT2D eigenvalue weighted by atomic mass is 9.74. The van der Waals surface area contributed by atoms with Crippen molar-refractivity contribution in [2.24, 2.45) is 11.8 Å². The molecule has 2 aliphatic heterocycles. The fraction of sp³-hybridized carbons (Fsp3) is 0.667. The summed E-state index contributed by atoms with van der Waals surface area (Å²) >= 11 is 0. The number of carbonyl (C=O) groups is 2. The maximum atomic E-state index is 13.1. The number of ether oxygens (including phenoxy) is 1. The van der Waals surface area contributed by atoms with Gasteiger partial charge in [0.25, 0.3) is 0 Å². The summed E-state index contributed by atoms with van der Waals surface area (Å²) in [5.74, 6) is 1.22. The van der Waals surface area contributed by atoms with E-state index in [0.717, 1.165) is 43.4 Å². The molecule has 1 unspecified atom stereocenters. The van der Waals surface area contributed by atoms with Gasteiger partial charge in [-0.25, -0.2) is 0 Å². The van der Waals surface area contributed by atoms with Gasteiger partial charge in [0, 0.05) is 18.8 Å². The van der Waals surface area contributed by atoms with Gasteiger partial charge in [0.1, 0.15) is 11.5 Å². The predicted molar refractivity (Wildman–Crippen MR) is 147 cm³/mol. The Hall–Kier alpha value is -1.92. The van der Waals surface area contributed by atoms with Crippen molar-refractivity contribution in [3.8, 4) is 5.75 Å². The summed E-state index contributed by atoms with van der Waals surface area (Å²) < 4.78 is 12.6. The third-order valence-electron chi connectivity index (χ3n) is 8.69. The smallest absolute Gasteiger partial charge is 0.303 e. The number of Topliss-reactive ketones (excluding diaryl/α,β-unsaturated/α-hetero) is 1. The van der Waals surface area contributed by atoms with Gasteiger partial charge >= 0.3 is 5.97 Å². The summed E-state index contributed by atoms with van der Waals surface area (Å²) in [4.78, 5) is 23.8. The minimum atomic E-state index is -1.88. The molecule has 5 atom stereocenters. The number of carboxylic acid groups (broad SMARTS) is 1. The van der Waals surface area contributed by atoms with E-state index in [1.165, 1.54) is 0 Å². The van der Waals surface area contributed by atoms with Crippen molar-refractivity contribution in [1.82, 2.24) is 0 Å². The Morgan fingerprint density at radius 1 is 1.08 bits per heavy atom. The van der Waals surface area contributed by atoms with Crippen LogP contribution in [0.3, 0.4) is 0 Å². The molecule has 36 heavy (non-hydrogen) atoms. The first-order chi connectivity index (χ1) is 16.9. The molecule has 1 aromatic rings. The summed E-state index contributed by atoms with van der Waals surface area (Å²) in [7, 11) is -1.88. The molecule has 2 bridgehead atoms. The molecule has 6 heteroatoms. The van der Waals surface area contributed by atoms with Crippen LogP contribution in [0, 0.1) is 11.8 Å². The third kappa shape index (κ3) is 7.31. The first kappa shape index (κ1) is 28.6. The summed E-state index contributed by atoms with van der Waals surface area (Å²) in [5, 5.41) is 8.92. The second-order valence-corrected chi connectivity index (χ2v) is 17.0. The van der Waals surface area contributed by atoms with Crippen LogP contribution in [0.25, 0.3) is 0 Å². The quantitative estimate of drug-likeness (QED) is 0.167. The zero-order valence-electron chi connectivity index (χ0n) is 23.1. The number of benzene rings is 1. The monoisotopic (exact) mass is 514 g/mol. The molecule has 0 amide bonds. The molecule has 2 heterocycles. The van der Waals surface area contributed by atoms with E-state index in [9.17, 15) is 9.59 Å². The molecule has 0 saturated carbocycles. The average molecular weight is 515 g/mol. The van der Waals surface area contributed by atoms with Crippen LogP contribution in [0.15, 0.2) is 36.4 Å². The van der Waals surface area contributed by atoms with Gasteiger partial charge in [-0.2, -0.15) is 0 Å². The van der Waals surface area contributed by atoms with Crippen LogP contribution in [-0.2, 0) is 14.3 Å². The number of unbranched alkanes of at least 4 members (excludes halogenated alkanes) is 1. The molecule has 0 aliphatic carbocycles. The molecule has 2 saturated heterocycles. The molecule has 0 spiro atoms. The summed E-state index contributed by atoms with van der Waals surface area (Å²) in [6.45, 7) is 13.2. The number of hydrogen-bond acceptors (Lipinski definition) is 4. The minimum absolute atomic E-state index is 0.126. The molecule has 2 aliphatic rings. The molecule has 0 radical (unpaired) electrons. The van der Waals surface area contributed by atoms with Crippen LogP contribution in [0.4, 0.5) is 0 Å². The van der Waals surface area contributed by atoms with Crippen LogP contribution in [0.5, 0.6) is 5.75 Å². The first-order valence-electron chi connectivity index (χ1n) is 13.7. The molecule has 0 aromatic heterocycles. The maximum Gasteiger partial charge on any atom is 0.303 e. The topological polar surface area (TPSA) is 72.8 Å². The van der Waals surface area contributed by atoms with Crippen LogP contribution >= 0.6 is 0 Å². The number of hydrogen-bond donors (Lipinski definition) is 1. The Balaban J connectivity index is 1.51. The van der Waals surface area contributed by atoms with Crippen LogP contribution in [0.2, 0.25) is 18.1 Å². The molecule has 5 nitrogen and oxygen atoms in total. The van der Waals surface area contributed by atoms with E-state index in [2.05, 4.69) is 46.0 Å². The van der Waals surface area contributed by atoms with Gasteiger partial charge in [0.15, 0.2) is 0 Å². The molecular formula is C30H46O5Si. The van der Waals surface area contributed by atoms with Crippen LogP contribution in [-0.4, -0.2) is 37.4 Å². The van der Waals surface area contributed by atoms with Crippen LogP contribution < -0.4 is 4.43 Å². The first-order valence-corrected chi connectivity index (χ1v) is 16.6. The Bertz CT molecular complexity index is 914. The van der Waals surface area contributed by atoms with E-state index < -0.39 is 14.3 Å². The Labute approximate surface area is 218 Å². The zero-order chi connectivity index (χ0) is 26.5. The molecular weight excluding hydrogens is 468 g/mol. The highest BCUT2D eigenvalue weighted by atomic mass is 28.4. The van der Waals surface area contributed by atoms with Gasteiger partial charge in [0.2, 0.25) is 8.32 Å². The highest BCUT2D eigenvalue weighted by Gasteiger charge is 2.47. The van der Waals surface area contributed by atoms with E-state index in [1.54, 1.807) is 0 Å². The van der Waals surface area contributed by atoms with Crippen molar-refractivity contribution < 1.29 is 23.9 Å². The average Bonchev–Trinajstić information content (AvgIpc) is 3.40. The van der Waals surface area contributed by atoms with Gasteiger partial charge in [-0.15, -0.1) is 0 Å². The largest absolute Gasteiger partial charge is 0.544 e. The second kappa shape index (κ2) is 12.1. The molecule has 3 rings (SSSR count). The van der Waals surface area contributed by atoms with Crippen LogP contribution in [0.1, 0.15) is 90.5 Å². The normalized spacial score (nSPS) is 24.8. The van der Waals surface area contributed by atoms with Crippen molar-refractivity contribution >= 4 is 20.1 Å². The highest BCUT2D eigenvalue weighted by molar-refractivity contribution is 6.74. The predicted octanol–water partition coefficient (Wildman–Crippen LogP) is 7.52. The van der Waals surface area contributed by atoms with E-state index >= 15 is 0 Å². The Morgan fingerprint density at radius 2 is 1.72 bits per heavy atom. The number of fused-ring (bicyclic) bond motifs is 2. The summed E-state index contributed by atoms with van der Waals surface area (Å²) in [6.07, 6.45) is 11.2. The standard InChI is InChI=1S/C30H46O5Si/c1-21(22-13-15-23(16-14-22)35-36(5,6)30(2,3)4)26(31)18-17-25-24(27-19-20-28(25)34-27)11-9-7-8-10-12-29(32)33/h7,9,13-16,21,24-25,27-28H,8,10-12,17-20H2,1-6H3,(H,32,33)/t21?,24-,25+,27-,28+/m0/s1. The lowest BCUT2D eigenvalue weighted by molar-refractivity contribution is -0.137. The lowest BCUT2D eigenvalue weighted by Gasteiger charge is -2.36. The molecule has 2 fully saturated rings. The summed E-state index contributed by atoms with van der Waals surface area (Å²) in [5.41, 5.74) is 1.05. The van der Waals surface area contributed by atoms with E-state index in [0.29, 0.717) is 36.6 Å². The minimum Gasteiger partial charge on any atom is -0.544 e. The number of carbonyl (C=O) groups excluding carboxylic acids is 1. The van der Waals surface area contributed by atoms with Gasteiger partial charge in [-0.05, 0) is 86.2 Å². The van der Waals surface area contributed by atoms with Crippen molar-refractivity contribution in [3.05, 3.63) is 42.0 Å². The Morgan fingerprint density at radius 3 is 2.33 bits per heavy atom. The summed E-state index contributed by atoms with van der Waals surface area (Å²) in [6, 6.07) is 8.12. The van der Waals surface area contributed by atoms with Gasteiger partial charge in [0.05, 0.1) is 12.2 Å². The van der Waals surface area contributed by atoms with Crippen molar-refractivity contribution in [3.63, 3.8) is 0 Å². The molecule has 1 N–H and O–H groups in total. The van der Waals surface area contributed by atoms with Gasteiger partial charge in [-0.1, -0.05) is 52.0 Å². The van der Waals surface area contributed by atoms with E-state index in [-0.39, 0.29) is 23.5 Å². The van der Waals surface area contributed by atoms with Gasteiger partial charge in [-0.3, -0.25) is 9.59 Å². The molecule has 200 valence electrons. The molecule has 1 aromatic carbocycles. The van der Waals surface area contributed by atoms with Crippen molar-refractivity contribution in [2.75, 3.05) is 0 Å². The number of aliphatic carboxylic acids is 1. The van der Waals surface area contributed by atoms with E-state index in [1.807, 2.05) is 31.2 Å². The lowest BCUT2D eigenvalue weighted by Crippen LogP contribution is -2.43. The fourth-order valence-corrected chi connectivity index (χ4v) is 6.35. The number of ketones is 1. The Kier molecular flexibility index (Phi) is 9.61. The zero-order valence-corrected chi connectivity index (χ0v) is 24.1. The number of rotatable bonds is 13. The number of allylic oxidation sites excluding steroid dienone is 2. The van der Waals surface area contributed by atoms with E-state index in [4.69, 9.17) is 14.3 Å².